The molecule has 0 bridgehead atoms. The number of amides is 1. The standard InChI is InChI=1S/C21H25N3O2/c25-21(19-14-8-4-5-9-17(14)23-24-19)22-18-15-10-11-26-20(15)16(18)12-13-6-2-1-3-7-13/h1-3,6-7,15-16,18,20H,4-5,8-12H2,(H,22,25)(H,23,24)/t15-,16+,18-,20-/m1/s1. The molecule has 0 unspecified atom stereocenters. The van der Waals surface area contributed by atoms with E-state index < -0.39 is 0 Å². The van der Waals surface area contributed by atoms with Crippen LogP contribution < -0.4 is 5.32 Å². The Kier molecular flexibility index (Phi) is 4.04. The molecule has 4 atom stereocenters. The van der Waals surface area contributed by atoms with Gasteiger partial charge >= 0.3 is 0 Å². The van der Waals surface area contributed by atoms with E-state index in [0.717, 1.165) is 50.0 Å². The van der Waals surface area contributed by atoms with Gasteiger partial charge in [-0.15, -0.1) is 0 Å². The zero-order chi connectivity index (χ0) is 17.5. The minimum atomic E-state index is -0.0159. The van der Waals surface area contributed by atoms with E-state index in [1.54, 1.807) is 0 Å². The van der Waals surface area contributed by atoms with Crippen molar-refractivity contribution < 1.29 is 9.53 Å². The zero-order valence-corrected chi connectivity index (χ0v) is 14.9. The summed E-state index contributed by atoms with van der Waals surface area (Å²) in [4.78, 5) is 12.9. The van der Waals surface area contributed by atoms with Gasteiger partial charge in [0, 0.05) is 35.7 Å². The molecule has 5 heteroatoms. The smallest absolute Gasteiger partial charge is 0.272 e. The lowest BCUT2D eigenvalue weighted by atomic mass is 9.64. The quantitative estimate of drug-likeness (QED) is 0.890. The number of ether oxygens (including phenoxy) is 1. The second-order valence-corrected chi connectivity index (χ2v) is 7.88. The summed E-state index contributed by atoms with van der Waals surface area (Å²) >= 11 is 0. The van der Waals surface area contributed by atoms with Gasteiger partial charge in [0.1, 0.15) is 0 Å². The highest BCUT2D eigenvalue weighted by Crippen LogP contribution is 2.45. The Bertz CT molecular complexity index is 801. The molecular weight excluding hydrogens is 326 g/mol. The van der Waals surface area contributed by atoms with E-state index in [9.17, 15) is 4.79 Å². The van der Waals surface area contributed by atoms with Crippen LogP contribution in [0.1, 0.15) is 46.6 Å². The van der Waals surface area contributed by atoms with Gasteiger partial charge < -0.3 is 10.1 Å². The molecule has 5 nitrogen and oxygen atoms in total. The third-order valence-corrected chi connectivity index (χ3v) is 6.41. The lowest BCUT2D eigenvalue weighted by Gasteiger charge is -2.48. The normalized spacial score (nSPS) is 29.5. The van der Waals surface area contributed by atoms with Crippen LogP contribution in [0.5, 0.6) is 0 Å². The highest BCUT2D eigenvalue weighted by atomic mass is 16.5. The van der Waals surface area contributed by atoms with Crippen LogP contribution >= 0.6 is 0 Å². The van der Waals surface area contributed by atoms with Crippen molar-refractivity contribution in [2.45, 2.75) is 50.7 Å². The first-order chi connectivity index (χ1) is 12.8. The summed E-state index contributed by atoms with van der Waals surface area (Å²) in [6, 6.07) is 10.7. The summed E-state index contributed by atoms with van der Waals surface area (Å²) < 4.78 is 5.96. The van der Waals surface area contributed by atoms with E-state index in [1.807, 2.05) is 6.07 Å². The highest BCUT2D eigenvalue weighted by Gasteiger charge is 2.54. The maximum atomic E-state index is 12.9. The molecule has 1 aliphatic heterocycles. The first-order valence-corrected chi connectivity index (χ1v) is 9.84. The van der Waals surface area contributed by atoms with E-state index >= 15 is 0 Å². The number of fused-ring (bicyclic) bond motifs is 2. The number of hydrogen-bond acceptors (Lipinski definition) is 3. The number of benzene rings is 1. The number of rotatable bonds is 4. The van der Waals surface area contributed by atoms with Crippen LogP contribution in [0.15, 0.2) is 30.3 Å². The topological polar surface area (TPSA) is 67.0 Å². The maximum absolute atomic E-state index is 12.9. The monoisotopic (exact) mass is 351 g/mol. The average molecular weight is 351 g/mol. The number of H-pyrrole nitrogens is 1. The van der Waals surface area contributed by atoms with Gasteiger partial charge in [-0.25, -0.2) is 0 Å². The van der Waals surface area contributed by atoms with Gasteiger partial charge in [0.05, 0.1) is 6.10 Å². The van der Waals surface area contributed by atoms with Crippen molar-refractivity contribution in [1.29, 1.82) is 0 Å². The number of carbonyl (C=O) groups excluding carboxylic acids is 1. The number of nitrogens with zero attached hydrogens (tertiary/aromatic N) is 1. The second-order valence-electron chi connectivity index (χ2n) is 7.88. The first kappa shape index (κ1) is 16.1. The molecule has 3 aliphatic rings. The average Bonchev–Trinajstić information content (AvgIpc) is 3.30. The number of nitrogens with one attached hydrogen (secondary N) is 2. The Labute approximate surface area is 153 Å². The number of hydrogen-bond donors (Lipinski definition) is 2. The number of aromatic amines is 1. The third-order valence-electron chi connectivity index (χ3n) is 6.41. The van der Waals surface area contributed by atoms with E-state index in [4.69, 9.17) is 4.74 Å². The first-order valence-electron chi connectivity index (χ1n) is 9.84. The second kappa shape index (κ2) is 6.54. The molecule has 0 spiro atoms. The van der Waals surface area contributed by atoms with Crippen LogP contribution in [0.2, 0.25) is 0 Å². The zero-order valence-electron chi connectivity index (χ0n) is 14.9. The van der Waals surface area contributed by atoms with Gasteiger partial charge in [-0.2, -0.15) is 5.10 Å². The number of carbonyl (C=O) groups is 1. The minimum absolute atomic E-state index is 0.0159. The van der Waals surface area contributed by atoms with Gasteiger partial charge in [-0.3, -0.25) is 9.89 Å². The molecule has 2 N–H and O–H groups in total. The predicted octanol–water partition coefficient (Wildman–Crippen LogP) is 2.66. The van der Waals surface area contributed by atoms with Gasteiger partial charge in [0.2, 0.25) is 0 Å². The molecule has 136 valence electrons. The summed E-state index contributed by atoms with van der Waals surface area (Å²) in [6.07, 6.45) is 6.57. The largest absolute Gasteiger partial charge is 0.377 e. The molecule has 1 aromatic heterocycles. The molecule has 1 saturated carbocycles. The van der Waals surface area contributed by atoms with E-state index in [-0.39, 0.29) is 18.1 Å². The molecular formula is C21H25N3O2. The molecule has 2 heterocycles. The van der Waals surface area contributed by atoms with Gasteiger partial charge in [0.25, 0.3) is 5.91 Å². The Morgan fingerprint density at radius 1 is 1.23 bits per heavy atom. The van der Waals surface area contributed by atoms with Crippen LogP contribution in [0, 0.1) is 11.8 Å². The molecule has 0 radical (unpaired) electrons. The lowest BCUT2D eigenvalue weighted by Crippen LogP contribution is -2.62. The minimum Gasteiger partial charge on any atom is -0.377 e. The summed E-state index contributed by atoms with van der Waals surface area (Å²) in [7, 11) is 0. The predicted molar refractivity (Wildman–Crippen MR) is 98.0 cm³/mol. The van der Waals surface area contributed by atoms with Crippen molar-refractivity contribution in [3.8, 4) is 0 Å². The Morgan fingerprint density at radius 2 is 2.08 bits per heavy atom. The molecule has 1 saturated heterocycles. The summed E-state index contributed by atoms with van der Waals surface area (Å²) in [5.74, 6) is 0.781. The Morgan fingerprint density at radius 3 is 2.96 bits per heavy atom. The molecule has 2 fully saturated rings. The van der Waals surface area contributed by atoms with Crippen LogP contribution in [0.4, 0.5) is 0 Å². The van der Waals surface area contributed by atoms with E-state index in [2.05, 4.69) is 39.8 Å². The maximum Gasteiger partial charge on any atom is 0.272 e. The summed E-state index contributed by atoms with van der Waals surface area (Å²) in [5, 5.41) is 10.7. The number of aromatic nitrogens is 2. The van der Waals surface area contributed by atoms with Crippen molar-refractivity contribution in [1.82, 2.24) is 15.5 Å². The fourth-order valence-electron chi connectivity index (χ4n) is 5.06. The molecule has 2 aliphatic carbocycles. The van der Waals surface area contributed by atoms with Crippen molar-refractivity contribution >= 4 is 5.91 Å². The highest BCUT2D eigenvalue weighted by molar-refractivity contribution is 5.94. The summed E-state index contributed by atoms with van der Waals surface area (Å²) in [6.45, 7) is 0.810. The third kappa shape index (κ3) is 2.65. The molecule has 1 amide bonds. The van der Waals surface area contributed by atoms with E-state index in [0.29, 0.717) is 17.5 Å². The molecule has 1 aromatic carbocycles. The van der Waals surface area contributed by atoms with Gasteiger partial charge in [0.15, 0.2) is 5.69 Å². The van der Waals surface area contributed by atoms with Gasteiger partial charge in [-0.05, 0) is 44.1 Å². The van der Waals surface area contributed by atoms with Crippen molar-refractivity contribution in [2.75, 3.05) is 6.61 Å². The van der Waals surface area contributed by atoms with E-state index in [1.165, 1.54) is 12.0 Å². The van der Waals surface area contributed by atoms with Gasteiger partial charge in [-0.1, -0.05) is 30.3 Å². The molecule has 5 rings (SSSR count). The SMILES string of the molecule is O=C(N[C@@H]1[C@H]2CCO[C@H]2[C@H]1Cc1ccccc1)c1n[nH]c2c1CCCC2. The Hall–Kier alpha value is -2.14. The van der Waals surface area contributed by atoms with Crippen LogP contribution in [0.3, 0.4) is 0 Å². The molecule has 2 aromatic rings. The lowest BCUT2D eigenvalue weighted by molar-refractivity contribution is -0.0528. The summed E-state index contributed by atoms with van der Waals surface area (Å²) in [5.41, 5.74) is 4.20. The van der Waals surface area contributed by atoms with Crippen LogP contribution in [0.25, 0.3) is 0 Å². The van der Waals surface area contributed by atoms with Crippen molar-refractivity contribution in [2.24, 2.45) is 11.8 Å². The van der Waals surface area contributed by atoms with Crippen molar-refractivity contribution in [3.63, 3.8) is 0 Å². The van der Waals surface area contributed by atoms with Crippen LogP contribution in [-0.2, 0) is 24.0 Å². The fraction of sp³-hybridized carbons (Fsp3) is 0.524. The Balaban J connectivity index is 1.33. The fourth-order valence-corrected chi connectivity index (χ4v) is 5.06. The van der Waals surface area contributed by atoms with Crippen molar-refractivity contribution in [3.05, 3.63) is 52.8 Å². The van der Waals surface area contributed by atoms with Crippen LogP contribution in [-0.4, -0.2) is 34.9 Å². The molecule has 26 heavy (non-hydrogen) atoms. The number of aryl methyl sites for hydroxylation is 1.